The Morgan fingerprint density at radius 1 is 1.00 bits per heavy atom. The van der Waals surface area contributed by atoms with Crippen molar-refractivity contribution in [2.75, 3.05) is 0 Å². The number of aliphatic hydroxyl groups excluding tert-OH is 1. The molecule has 0 radical (unpaired) electrons. The van der Waals surface area contributed by atoms with E-state index in [1.54, 1.807) is 12.1 Å². The molecule has 0 amide bonds. The SMILES string of the molecule is [Fe+2].[O-]c1cccc2c1C(O)=CC(=C1C=CC=C1)O2.c1cc[cH-]c1. The normalized spacial score (nSPS) is 14.2. The molecule has 0 atom stereocenters. The van der Waals surface area contributed by atoms with E-state index in [4.69, 9.17) is 4.74 Å². The fourth-order valence-corrected chi connectivity index (χ4v) is 2.19. The second kappa shape index (κ2) is 7.63. The van der Waals surface area contributed by atoms with E-state index in [1.165, 1.54) is 12.1 Å². The van der Waals surface area contributed by atoms with Gasteiger partial charge in [0.1, 0.15) is 17.3 Å². The van der Waals surface area contributed by atoms with Crippen LogP contribution in [0.3, 0.4) is 0 Å². The zero-order valence-electron chi connectivity index (χ0n) is 12.1. The van der Waals surface area contributed by atoms with Crippen molar-refractivity contribution in [3.8, 4) is 11.5 Å². The molecule has 0 saturated heterocycles. The van der Waals surface area contributed by atoms with E-state index in [9.17, 15) is 10.2 Å². The molecule has 0 spiro atoms. The predicted octanol–water partition coefficient (Wildman–Crippen LogP) is 3.83. The van der Waals surface area contributed by atoms with Crippen LogP contribution in [-0.4, -0.2) is 5.11 Å². The molecule has 1 N–H and O–H groups in total. The first kappa shape index (κ1) is 16.8. The summed E-state index contributed by atoms with van der Waals surface area (Å²) in [4.78, 5) is 0. The van der Waals surface area contributed by atoms with Gasteiger partial charge in [0.15, 0.2) is 0 Å². The summed E-state index contributed by atoms with van der Waals surface area (Å²) in [5.41, 5.74) is 1.10. The number of allylic oxidation sites excluding steroid dienone is 6. The van der Waals surface area contributed by atoms with Crippen LogP contribution >= 0.6 is 0 Å². The molecule has 0 bridgehead atoms. The van der Waals surface area contributed by atoms with Crippen molar-refractivity contribution in [1.29, 1.82) is 0 Å². The van der Waals surface area contributed by atoms with Crippen LogP contribution in [-0.2, 0) is 17.1 Å². The zero-order chi connectivity index (χ0) is 15.4. The first-order valence-electron chi connectivity index (χ1n) is 6.90. The fourth-order valence-electron chi connectivity index (χ4n) is 2.19. The molecule has 1 aliphatic heterocycles. The van der Waals surface area contributed by atoms with E-state index in [1.807, 2.05) is 54.6 Å². The fraction of sp³-hybridized carbons (Fsp3) is 0. The molecule has 116 valence electrons. The molecule has 1 heterocycles. The Balaban J connectivity index is 0.000000276. The van der Waals surface area contributed by atoms with E-state index in [0.29, 0.717) is 11.5 Å². The minimum atomic E-state index is -0.238. The maximum Gasteiger partial charge on any atom is 2.00 e. The second-order valence-corrected chi connectivity index (χ2v) is 4.76. The van der Waals surface area contributed by atoms with Gasteiger partial charge in [0, 0.05) is 11.6 Å². The van der Waals surface area contributed by atoms with E-state index in [-0.39, 0.29) is 34.1 Å². The van der Waals surface area contributed by atoms with Crippen molar-refractivity contribution < 1.29 is 32.0 Å². The maximum atomic E-state index is 11.6. The van der Waals surface area contributed by atoms with Gasteiger partial charge in [-0.2, -0.15) is 18.2 Å². The summed E-state index contributed by atoms with van der Waals surface area (Å²) >= 11 is 0. The molecule has 4 rings (SSSR count). The van der Waals surface area contributed by atoms with Crippen LogP contribution < -0.4 is 9.84 Å². The molecule has 0 aromatic heterocycles. The number of aliphatic hydroxyl groups is 1. The number of rotatable bonds is 0. The average molecular weight is 346 g/mol. The van der Waals surface area contributed by atoms with E-state index >= 15 is 0 Å². The summed E-state index contributed by atoms with van der Waals surface area (Å²) in [5.74, 6) is 0.658. The quantitative estimate of drug-likeness (QED) is 0.583. The Morgan fingerprint density at radius 3 is 2.30 bits per heavy atom. The molecule has 23 heavy (non-hydrogen) atoms. The van der Waals surface area contributed by atoms with Crippen molar-refractivity contribution in [2.24, 2.45) is 0 Å². The summed E-state index contributed by atoms with van der Waals surface area (Å²) in [6, 6.07) is 14.7. The number of benzene rings is 1. The monoisotopic (exact) mass is 346 g/mol. The number of hydrogen-bond donors (Lipinski definition) is 1. The molecule has 0 fully saturated rings. The van der Waals surface area contributed by atoms with Gasteiger partial charge in [-0.05, 0) is 6.07 Å². The molecule has 1 aliphatic carbocycles. The standard InChI is InChI=1S/C14H10O3.C5H5.Fe/c15-10-6-3-7-12-14(10)11(16)8-13(17-12)9-4-1-2-5-9;1-2-4-5-3-1;/h1-8,15-16H;1-5H;/q;-1;+2/p-1. The topological polar surface area (TPSA) is 52.5 Å². The average Bonchev–Trinajstić information content (AvgIpc) is 3.23. The Bertz CT molecular complexity index is 750. The molecule has 0 unspecified atom stereocenters. The molecule has 0 saturated carbocycles. The van der Waals surface area contributed by atoms with Crippen LogP contribution in [0.2, 0.25) is 0 Å². The van der Waals surface area contributed by atoms with Crippen molar-refractivity contribution in [3.05, 3.63) is 95.8 Å². The van der Waals surface area contributed by atoms with E-state index in [2.05, 4.69) is 0 Å². The maximum absolute atomic E-state index is 11.6. The van der Waals surface area contributed by atoms with Gasteiger partial charge in [-0.25, -0.2) is 12.1 Å². The van der Waals surface area contributed by atoms with Gasteiger partial charge in [-0.1, -0.05) is 42.2 Å². The summed E-state index contributed by atoms with van der Waals surface area (Å²) in [7, 11) is 0. The van der Waals surface area contributed by atoms with Crippen LogP contribution in [0.5, 0.6) is 11.5 Å². The molecule has 2 aromatic rings. The summed E-state index contributed by atoms with van der Waals surface area (Å²) in [6.07, 6.45) is 9.00. The second-order valence-electron chi connectivity index (χ2n) is 4.76. The number of fused-ring (bicyclic) bond motifs is 1. The molecule has 4 heteroatoms. The molecule has 2 aliphatic rings. The van der Waals surface area contributed by atoms with Crippen molar-refractivity contribution in [2.45, 2.75) is 0 Å². The van der Waals surface area contributed by atoms with Crippen molar-refractivity contribution in [3.63, 3.8) is 0 Å². The Kier molecular flexibility index (Phi) is 5.58. The molecule has 3 nitrogen and oxygen atoms in total. The third kappa shape index (κ3) is 3.81. The van der Waals surface area contributed by atoms with Gasteiger partial charge < -0.3 is 14.9 Å². The van der Waals surface area contributed by atoms with Gasteiger partial charge in [0.05, 0.1) is 5.56 Å². The van der Waals surface area contributed by atoms with Crippen LogP contribution in [0.1, 0.15) is 5.56 Å². The predicted molar refractivity (Wildman–Crippen MR) is 84.5 cm³/mol. The first-order valence-corrected chi connectivity index (χ1v) is 6.90. The molecular weight excluding hydrogens is 332 g/mol. The largest absolute Gasteiger partial charge is 2.00 e. The van der Waals surface area contributed by atoms with Crippen LogP contribution in [0.4, 0.5) is 0 Å². The minimum Gasteiger partial charge on any atom is -0.872 e. The molecule has 2 aromatic carbocycles. The Morgan fingerprint density at radius 2 is 1.70 bits per heavy atom. The third-order valence-electron chi connectivity index (χ3n) is 3.23. The Hall–Kier alpha value is -2.55. The molecular formula is C19H14FeO3. The summed E-state index contributed by atoms with van der Waals surface area (Å²) in [5, 5.41) is 21.4. The van der Waals surface area contributed by atoms with E-state index < -0.39 is 0 Å². The van der Waals surface area contributed by atoms with Gasteiger partial charge >= 0.3 is 17.1 Å². The van der Waals surface area contributed by atoms with Gasteiger partial charge in [-0.3, -0.25) is 0 Å². The van der Waals surface area contributed by atoms with Crippen LogP contribution in [0, 0.1) is 0 Å². The van der Waals surface area contributed by atoms with Crippen molar-refractivity contribution >= 4 is 5.76 Å². The van der Waals surface area contributed by atoms with Crippen LogP contribution in [0.25, 0.3) is 5.76 Å². The van der Waals surface area contributed by atoms with E-state index in [0.717, 1.165) is 5.57 Å². The third-order valence-corrected chi connectivity index (χ3v) is 3.23. The summed E-state index contributed by atoms with van der Waals surface area (Å²) < 4.78 is 5.61. The first-order chi connectivity index (χ1) is 10.8. The van der Waals surface area contributed by atoms with Gasteiger partial charge in [0.25, 0.3) is 0 Å². The Labute approximate surface area is 145 Å². The van der Waals surface area contributed by atoms with Crippen molar-refractivity contribution in [1.82, 2.24) is 0 Å². The van der Waals surface area contributed by atoms with Gasteiger partial charge in [0.2, 0.25) is 0 Å². The summed E-state index contributed by atoms with van der Waals surface area (Å²) in [6.45, 7) is 0. The number of hydrogen-bond acceptors (Lipinski definition) is 3. The van der Waals surface area contributed by atoms with Crippen LogP contribution in [0.15, 0.2) is 90.2 Å². The minimum absolute atomic E-state index is 0. The smallest absolute Gasteiger partial charge is 0.872 e. The number of ether oxygens (including phenoxy) is 1. The van der Waals surface area contributed by atoms with Gasteiger partial charge in [-0.15, -0.1) is 0 Å². The zero-order valence-corrected chi connectivity index (χ0v) is 13.2.